The van der Waals surface area contributed by atoms with Gasteiger partial charge in [0.15, 0.2) is 0 Å². The molecule has 1 aliphatic carbocycles. The second-order valence-electron chi connectivity index (χ2n) is 8.97. The van der Waals surface area contributed by atoms with Crippen molar-refractivity contribution >= 4 is 29.7 Å². The maximum atomic E-state index is 5.82. The molecule has 0 saturated heterocycles. The van der Waals surface area contributed by atoms with Crippen molar-refractivity contribution in [3.05, 3.63) is 77.7 Å². The van der Waals surface area contributed by atoms with Gasteiger partial charge in [0.25, 0.3) is 0 Å². The molecule has 0 unspecified atom stereocenters. The van der Waals surface area contributed by atoms with Crippen LogP contribution < -0.4 is 9.64 Å². The summed E-state index contributed by atoms with van der Waals surface area (Å²) in [5.74, 6) is 0.850. The van der Waals surface area contributed by atoms with Crippen LogP contribution in [-0.4, -0.2) is 21.7 Å². The van der Waals surface area contributed by atoms with Gasteiger partial charge in [-0.15, -0.1) is 0 Å². The van der Waals surface area contributed by atoms with Crippen molar-refractivity contribution in [2.45, 2.75) is 79.9 Å². The van der Waals surface area contributed by atoms with Crippen molar-refractivity contribution in [2.75, 3.05) is 4.90 Å². The van der Waals surface area contributed by atoms with Crippen molar-refractivity contribution in [1.29, 1.82) is 0 Å². The number of para-hydroxylation sites is 1. The summed E-state index contributed by atoms with van der Waals surface area (Å²) in [5.41, 5.74) is 6.38. The van der Waals surface area contributed by atoms with E-state index < -0.39 is 13.5 Å². The summed E-state index contributed by atoms with van der Waals surface area (Å²) < 4.78 is 7.51. The molecule has 0 bridgehead atoms. The summed E-state index contributed by atoms with van der Waals surface area (Å²) in [6, 6.07) is 13.0. The third-order valence-corrected chi connectivity index (χ3v) is 7.60. The number of hydrogen-bond donors (Lipinski definition) is 0. The Kier molecular flexibility index (Phi) is 11.6. The van der Waals surface area contributed by atoms with Gasteiger partial charge < -0.3 is 9.80 Å². The van der Waals surface area contributed by atoms with Gasteiger partial charge in [-0.05, 0) is 57.1 Å². The minimum absolute atomic E-state index is 0. The van der Waals surface area contributed by atoms with Gasteiger partial charge in [0.05, 0.1) is 0 Å². The molecule has 0 atom stereocenters. The molecule has 2 aliphatic rings. The van der Waals surface area contributed by atoms with Gasteiger partial charge in [-0.3, -0.25) is 0 Å². The van der Waals surface area contributed by atoms with E-state index in [1.807, 2.05) is 42.7 Å². The van der Waals surface area contributed by atoms with Crippen LogP contribution in [0.4, 0.5) is 5.69 Å². The molecule has 2 aromatic carbocycles. The summed E-state index contributed by atoms with van der Waals surface area (Å²) in [6.45, 7) is 12.8. The topological polar surface area (TPSA) is 15.7 Å². The standard InChI is InChI=1S/C17H23N2.C10H12O.CH4.2ClH.Ru/c1-13-10-14(2)17(15(3)11-13)19-9-8-18(12-19)16-6-4-5-7-16;1-8(2)11-10-7-5-4-6-9(10)3;;;;/h8-12,16H,4-7H2,1-3H3;3-8H,1-2H3;1H4;2*1H;/q-1;;;;;+2/p-2. The molecule has 34 heavy (non-hydrogen) atoms. The molecule has 1 fully saturated rings. The number of halogens is 2. The minimum Gasteiger partial charge on any atom is -0.505 e. The Morgan fingerprint density at radius 1 is 1.03 bits per heavy atom. The molecule has 6 heteroatoms. The molecule has 0 spiro atoms. The van der Waals surface area contributed by atoms with Gasteiger partial charge in [0, 0.05) is 11.7 Å². The van der Waals surface area contributed by atoms with Gasteiger partial charge in [-0.1, -0.05) is 38.0 Å². The number of nitrogens with zero attached hydrogens (tertiary/aromatic N) is 2. The van der Waals surface area contributed by atoms with Gasteiger partial charge in [-0.2, -0.15) is 6.67 Å². The molecular formula is C28H39Cl2N2ORu-. The van der Waals surface area contributed by atoms with E-state index in [4.69, 9.17) is 24.1 Å². The van der Waals surface area contributed by atoms with E-state index in [2.05, 4.69) is 61.8 Å². The molecular weight excluding hydrogens is 552 g/mol. The van der Waals surface area contributed by atoms with E-state index in [0.29, 0.717) is 6.04 Å². The van der Waals surface area contributed by atoms with Gasteiger partial charge >= 0.3 is 97.8 Å². The van der Waals surface area contributed by atoms with E-state index >= 15 is 0 Å². The largest absolute Gasteiger partial charge is 0.505 e. The fourth-order valence-corrected chi connectivity index (χ4v) is 6.32. The zero-order valence-corrected chi connectivity index (χ0v) is 23.4. The first kappa shape index (κ1) is 28.9. The normalized spacial score (nSPS) is 15.7. The number of anilines is 1. The fourth-order valence-electron chi connectivity index (χ4n) is 4.51. The number of benzene rings is 2. The van der Waals surface area contributed by atoms with E-state index in [9.17, 15) is 0 Å². The molecule has 1 heterocycles. The number of aryl methyl sites for hydroxylation is 3. The van der Waals surface area contributed by atoms with Crippen molar-refractivity contribution in [3.8, 4) is 5.75 Å². The van der Waals surface area contributed by atoms with Crippen molar-refractivity contribution in [1.82, 2.24) is 4.90 Å². The molecule has 1 aliphatic heterocycles. The summed E-state index contributed by atoms with van der Waals surface area (Å²) in [4.78, 5) is 4.67. The second-order valence-corrected chi connectivity index (χ2v) is 14.7. The molecule has 0 N–H and O–H groups in total. The number of hydrogen-bond acceptors (Lipinski definition) is 3. The van der Waals surface area contributed by atoms with Gasteiger partial charge in [0.2, 0.25) is 0 Å². The van der Waals surface area contributed by atoms with Gasteiger partial charge in [0.1, 0.15) is 0 Å². The SMILES string of the molecule is C.CC(C)Oc1ccccc1[CH]=[Ru]([Cl])[Cl].Cc1cc(C)c(N2C=CN(C3CCCC3)[CH-]2)c(C)c1. The van der Waals surface area contributed by atoms with E-state index in [1.54, 1.807) is 0 Å². The van der Waals surface area contributed by atoms with Crippen LogP contribution in [-0.2, 0) is 13.5 Å². The molecule has 1 saturated carbocycles. The maximum Gasteiger partial charge on any atom is 0.0184 e. The smallest absolute Gasteiger partial charge is 0.0184 e. The Morgan fingerprint density at radius 2 is 1.65 bits per heavy atom. The monoisotopic (exact) mass is 591 g/mol. The van der Waals surface area contributed by atoms with E-state index in [0.717, 1.165) is 11.3 Å². The minimum atomic E-state index is -1.77. The zero-order valence-electron chi connectivity index (χ0n) is 20.2. The van der Waals surface area contributed by atoms with Crippen LogP contribution in [0.5, 0.6) is 5.75 Å². The van der Waals surface area contributed by atoms with Crippen LogP contribution in [0.1, 0.15) is 69.2 Å². The quantitative estimate of drug-likeness (QED) is 0.256. The summed E-state index contributed by atoms with van der Waals surface area (Å²) in [5, 5.41) is 0. The van der Waals surface area contributed by atoms with Crippen LogP contribution in [0, 0.1) is 27.4 Å². The molecule has 0 aromatic heterocycles. The first-order valence-electron chi connectivity index (χ1n) is 11.5. The van der Waals surface area contributed by atoms with Crippen LogP contribution in [0.2, 0.25) is 0 Å². The Labute approximate surface area is 220 Å². The first-order valence-corrected chi connectivity index (χ1v) is 17.0. The zero-order chi connectivity index (χ0) is 24.0. The fraction of sp³-hybridized carbons (Fsp3) is 0.429. The molecule has 3 nitrogen and oxygen atoms in total. The number of ether oxygens (including phenoxy) is 1. The average Bonchev–Trinajstić information content (AvgIpc) is 3.40. The average molecular weight is 592 g/mol. The Balaban J connectivity index is 0.000000245. The predicted molar refractivity (Wildman–Crippen MR) is 146 cm³/mol. The van der Waals surface area contributed by atoms with Gasteiger partial charge in [-0.25, -0.2) is 0 Å². The summed E-state index contributed by atoms with van der Waals surface area (Å²) in [6.07, 6.45) is 10.0. The third kappa shape index (κ3) is 8.11. The van der Waals surface area contributed by atoms with Crippen LogP contribution in [0.15, 0.2) is 48.8 Å². The van der Waals surface area contributed by atoms with Crippen LogP contribution >= 0.6 is 19.4 Å². The Hall–Kier alpha value is -1.35. The van der Waals surface area contributed by atoms with Crippen LogP contribution in [0.3, 0.4) is 0 Å². The third-order valence-electron chi connectivity index (χ3n) is 5.77. The summed E-state index contributed by atoms with van der Waals surface area (Å²) >= 11 is -1.77. The van der Waals surface area contributed by atoms with Crippen molar-refractivity contribution < 1.29 is 18.3 Å². The number of rotatable bonds is 5. The molecule has 0 amide bonds. The maximum absolute atomic E-state index is 5.82. The summed E-state index contributed by atoms with van der Waals surface area (Å²) in [7, 11) is 11.6. The molecule has 0 radical (unpaired) electrons. The predicted octanol–water partition coefficient (Wildman–Crippen LogP) is 8.45. The first-order chi connectivity index (χ1) is 15.7. The van der Waals surface area contributed by atoms with E-state index in [1.165, 1.54) is 48.1 Å². The molecule has 190 valence electrons. The second kappa shape index (κ2) is 13.7. The molecule has 4 rings (SSSR count). The van der Waals surface area contributed by atoms with Crippen molar-refractivity contribution in [2.24, 2.45) is 0 Å². The van der Waals surface area contributed by atoms with Crippen molar-refractivity contribution in [3.63, 3.8) is 0 Å². The van der Waals surface area contributed by atoms with Crippen LogP contribution in [0.25, 0.3) is 0 Å². The Morgan fingerprint density at radius 3 is 2.24 bits per heavy atom. The van der Waals surface area contributed by atoms with E-state index in [-0.39, 0.29) is 13.5 Å². The molecule has 2 aromatic rings. The Bertz CT molecular complexity index is 973.